The molecule has 5 heteroatoms. The first-order valence-electron chi connectivity index (χ1n) is 6.41. The number of carbonyl (C=O) groups is 1. The minimum absolute atomic E-state index is 0.255. The molecule has 1 N–H and O–H groups in total. The van der Waals surface area contributed by atoms with E-state index in [4.69, 9.17) is 4.74 Å². The molecule has 0 spiro atoms. The molecule has 0 atom stereocenters. The highest BCUT2D eigenvalue weighted by Gasteiger charge is 2.11. The molecule has 1 amide bonds. The summed E-state index contributed by atoms with van der Waals surface area (Å²) in [6.45, 7) is 0.883. The van der Waals surface area contributed by atoms with Crippen LogP contribution in [0.25, 0.3) is 0 Å². The minimum Gasteiger partial charge on any atom is -0.380 e. The van der Waals surface area contributed by atoms with Crippen molar-refractivity contribution >= 4 is 21.8 Å². The zero-order valence-electron chi connectivity index (χ0n) is 11.5. The lowest BCUT2D eigenvalue weighted by molar-refractivity contribution is 0.0949. The number of rotatable bonds is 5. The van der Waals surface area contributed by atoms with Crippen molar-refractivity contribution in [3.8, 4) is 0 Å². The van der Waals surface area contributed by atoms with Gasteiger partial charge in [0, 0.05) is 18.1 Å². The van der Waals surface area contributed by atoms with Crippen molar-refractivity contribution in [3.05, 3.63) is 69.4 Å². The molecule has 2 aromatic rings. The summed E-state index contributed by atoms with van der Waals surface area (Å²) in [6.07, 6.45) is 0. The molecule has 2 aromatic carbocycles. The van der Waals surface area contributed by atoms with E-state index in [9.17, 15) is 9.18 Å². The molecule has 0 bridgehead atoms. The van der Waals surface area contributed by atoms with Crippen LogP contribution in [0.2, 0.25) is 0 Å². The van der Waals surface area contributed by atoms with Gasteiger partial charge in [-0.2, -0.15) is 0 Å². The van der Waals surface area contributed by atoms with E-state index in [-0.39, 0.29) is 11.7 Å². The molecule has 0 saturated heterocycles. The second-order valence-electron chi connectivity index (χ2n) is 4.51. The van der Waals surface area contributed by atoms with Crippen LogP contribution in [0, 0.1) is 5.82 Å². The molecular formula is C16H15BrFNO2. The summed E-state index contributed by atoms with van der Waals surface area (Å²) < 4.78 is 18.6. The van der Waals surface area contributed by atoms with Crippen molar-refractivity contribution < 1.29 is 13.9 Å². The lowest BCUT2D eigenvalue weighted by Crippen LogP contribution is -2.23. The molecule has 110 valence electrons. The molecule has 0 heterocycles. The lowest BCUT2D eigenvalue weighted by atomic mass is 10.1. The molecule has 2 rings (SSSR count). The molecule has 0 fully saturated rings. The number of carbonyl (C=O) groups excluding carboxylic acids is 1. The molecule has 0 saturated carbocycles. The molecular weight excluding hydrogens is 337 g/mol. The normalized spacial score (nSPS) is 10.4. The molecule has 3 nitrogen and oxygen atoms in total. The van der Waals surface area contributed by atoms with E-state index >= 15 is 0 Å². The molecule has 0 aliphatic carbocycles. The molecule has 0 radical (unpaired) electrons. The van der Waals surface area contributed by atoms with Crippen LogP contribution in [0.4, 0.5) is 4.39 Å². The topological polar surface area (TPSA) is 38.3 Å². The summed E-state index contributed by atoms with van der Waals surface area (Å²) in [5.74, 6) is -0.641. The number of benzene rings is 2. The largest absolute Gasteiger partial charge is 0.380 e. The van der Waals surface area contributed by atoms with Crippen LogP contribution in [-0.4, -0.2) is 13.0 Å². The fraction of sp³-hybridized carbons (Fsp3) is 0.188. The Kier molecular flexibility index (Phi) is 5.47. The van der Waals surface area contributed by atoms with Gasteiger partial charge in [0.25, 0.3) is 5.91 Å². The summed E-state index contributed by atoms with van der Waals surface area (Å²) in [6, 6.07) is 11.7. The maximum absolute atomic E-state index is 13.0. The van der Waals surface area contributed by atoms with Gasteiger partial charge in [-0.25, -0.2) is 4.39 Å². The summed E-state index contributed by atoms with van der Waals surface area (Å²) in [7, 11) is 1.63. The third kappa shape index (κ3) is 4.12. The van der Waals surface area contributed by atoms with E-state index in [1.54, 1.807) is 7.11 Å². The molecule has 0 unspecified atom stereocenters. The lowest BCUT2D eigenvalue weighted by Gasteiger charge is -2.11. The van der Waals surface area contributed by atoms with E-state index in [1.165, 1.54) is 18.2 Å². The van der Waals surface area contributed by atoms with E-state index in [0.717, 1.165) is 11.1 Å². The third-order valence-corrected chi connectivity index (χ3v) is 3.69. The zero-order chi connectivity index (χ0) is 15.2. The van der Waals surface area contributed by atoms with Gasteiger partial charge in [-0.3, -0.25) is 4.79 Å². The third-order valence-electron chi connectivity index (χ3n) is 3.03. The molecule has 0 aliphatic rings. The number of amides is 1. The first kappa shape index (κ1) is 15.7. The molecule has 0 aromatic heterocycles. The van der Waals surface area contributed by atoms with Crippen molar-refractivity contribution in [2.45, 2.75) is 13.2 Å². The Hall–Kier alpha value is -1.72. The predicted molar refractivity (Wildman–Crippen MR) is 82.4 cm³/mol. The van der Waals surface area contributed by atoms with Gasteiger partial charge in [-0.15, -0.1) is 0 Å². The molecule has 21 heavy (non-hydrogen) atoms. The Balaban J connectivity index is 2.07. The number of halogens is 2. The highest BCUT2D eigenvalue weighted by Crippen LogP contribution is 2.18. The van der Waals surface area contributed by atoms with E-state index in [0.29, 0.717) is 23.2 Å². The van der Waals surface area contributed by atoms with Gasteiger partial charge in [-0.1, -0.05) is 24.3 Å². The average molecular weight is 352 g/mol. The van der Waals surface area contributed by atoms with Crippen LogP contribution in [-0.2, 0) is 17.9 Å². The van der Waals surface area contributed by atoms with Crippen molar-refractivity contribution in [3.63, 3.8) is 0 Å². The van der Waals surface area contributed by atoms with Crippen LogP contribution < -0.4 is 5.32 Å². The smallest absolute Gasteiger partial charge is 0.252 e. The fourth-order valence-corrected chi connectivity index (χ4v) is 2.50. The maximum Gasteiger partial charge on any atom is 0.252 e. The second kappa shape index (κ2) is 7.33. The SMILES string of the molecule is COCc1ccccc1CNC(=O)c1ccc(F)cc1Br. The highest BCUT2D eigenvalue weighted by atomic mass is 79.9. The van der Waals surface area contributed by atoms with Crippen LogP contribution in [0.15, 0.2) is 46.9 Å². The Morgan fingerprint density at radius 2 is 1.95 bits per heavy atom. The summed E-state index contributed by atoms with van der Waals surface area (Å²) in [5, 5.41) is 2.83. The summed E-state index contributed by atoms with van der Waals surface area (Å²) in [4.78, 5) is 12.1. The summed E-state index contributed by atoms with van der Waals surface area (Å²) in [5.41, 5.74) is 2.42. The quantitative estimate of drug-likeness (QED) is 0.892. The van der Waals surface area contributed by atoms with Crippen molar-refractivity contribution in [1.29, 1.82) is 0 Å². The minimum atomic E-state index is -0.385. The van der Waals surface area contributed by atoms with Crippen molar-refractivity contribution in [2.24, 2.45) is 0 Å². The number of hydrogen-bond donors (Lipinski definition) is 1. The Bertz CT molecular complexity index is 646. The summed E-state index contributed by atoms with van der Waals surface area (Å²) >= 11 is 3.19. The van der Waals surface area contributed by atoms with Gasteiger partial charge < -0.3 is 10.1 Å². The maximum atomic E-state index is 13.0. The van der Waals surface area contributed by atoms with E-state index in [2.05, 4.69) is 21.2 Å². The van der Waals surface area contributed by atoms with E-state index < -0.39 is 0 Å². The fourth-order valence-electron chi connectivity index (χ4n) is 1.97. The van der Waals surface area contributed by atoms with Gasteiger partial charge in [0.2, 0.25) is 0 Å². The second-order valence-corrected chi connectivity index (χ2v) is 5.36. The number of ether oxygens (including phenoxy) is 1. The monoisotopic (exact) mass is 351 g/mol. The van der Waals surface area contributed by atoms with Gasteiger partial charge in [0.05, 0.1) is 12.2 Å². The van der Waals surface area contributed by atoms with Gasteiger partial charge in [-0.05, 0) is 45.3 Å². The van der Waals surface area contributed by atoms with Crippen LogP contribution in [0.5, 0.6) is 0 Å². The Labute approximate surface area is 131 Å². The number of methoxy groups -OCH3 is 1. The van der Waals surface area contributed by atoms with Gasteiger partial charge >= 0.3 is 0 Å². The first-order chi connectivity index (χ1) is 10.1. The van der Waals surface area contributed by atoms with E-state index in [1.807, 2.05) is 24.3 Å². The Morgan fingerprint density at radius 3 is 2.62 bits per heavy atom. The predicted octanol–water partition coefficient (Wildman–Crippen LogP) is 3.66. The van der Waals surface area contributed by atoms with Gasteiger partial charge in [0.15, 0.2) is 0 Å². The zero-order valence-corrected chi connectivity index (χ0v) is 13.1. The number of nitrogens with one attached hydrogen (secondary N) is 1. The van der Waals surface area contributed by atoms with Crippen LogP contribution >= 0.6 is 15.9 Å². The van der Waals surface area contributed by atoms with Crippen LogP contribution in [0.3, 0.4) is 0 Å². The van der Waals surface area contributed by atoms with Crippen molar-refractivity contribution in [2.75, 3.05) is 7.11 Å². The highest BCUT2D eigenvalue weighted by molar-refractivity contribution is 9.10. The Morgan fingerprint density at radius 1 is 1.24 bits per heavy atom. The average Bonchev–Trinajstić information content (AvgIpc) is 2.46. The molecule has 0 aliphatic heterocycles. The standard InChI is InChI=1S/C16H15BrFNO2/c1-21-10-12-5-3-2-4-11(12)9-19-16(20)14-7-6-13(18)8-15(14)17/h2-8H,9-10H2,1H3,(H,19,20). The van der Waals surface area contributed by atoms with Crippen molar-refractivity contribution in [1.82, 2.24) is 5.32 Å². The first-order valence-corrected chi connectivity index (χ1v) is 7.20. The van der Waals surface area contributed by atoms with Gasteiger partial charge in [0.1, 0.15) is 5.82 Å². The number of hydrogen-bond acceptors (Lipinski definition) is 2. The van der Waals surface area contributed by atoms with Crippen LogP contribution in [0.1, 0.15) is 21.5 Å².